The van der Waals surface area contributed by atoms with Crippen molar-refractivity contribution in [2.75, 3.05) is 51.0 Å². The van der Waals surface area contributed by atoms with E-state index in [2.05, 4.69) is 4.90 Å². The minimum absolute atomic E-state index is 0.0814. The summed E-state index contributed by atoms with van der Waals surface area (Å²) in [5, 5.41) is 9.56. The van der Waals surface area contributed by atoms with Crippen LogP contribution in [0.25, 0.3) is 6.08 Å². The lowest BCUT2D eigenvalue weighted by Crippen LogP contribution is -2.40. The number of rotatable bonds is 7. The molecule has 3 rings (SSSR count). The number of thiocarbonyl (C=S) groups is 1. The number of nitriles is 1. The Balaban J connectivity index is 2.02. The van der Waals surface area contributed by atoms with Crippen LogP contribution in [0.15, 0.2) is 9.70 Å². The maximum atomic E-state index is 13.0. The molecule has 2 fully saturated rings. The molecule has 1 amide bonds. The van der Waals surface area contributed by atoms with Crippen LogP contribution in [0.3, 0.4) is 0 Å². The zero-order valence-electron chi connectivity index (χ0n) is 18.0. The van der Waals surface area contributed by atoms with Crippen molar-refractivity contribution in [3.63, 3.8) is 0 Å². The van der Waals surface area contributed by atoms with E-state index >= 15 is 0 Å². The van der Waals surface area contributed by atoms with Gasteiger partial charge in [0, 0.05) is 45.5 Å². The molecule has 1 aromatic heterocycles. The van der Waals surface area contributed by atoms with Gasteiger partial charge in [0.25, 0.3) is 11.5 Å². The van der Waals surface area contributed by atoms with Crippen LogP contribution in [0.4, 0.5) is 5.82 Å². The quantitative estimate of drug-likeness (QED) is 0.346. The molecule has 8 nitrogen and oxygen atoms in total. The summed E-state index contributed by atoms with van der Waals surface area (Å²) < 4.78 is 12.8. The molecule has 0 saturated carbocycles. The van der Waals surface area contributed by atoms with Crippen molar-refractivity contribution in [3.05, 3.63) is 31.9 Å². The molecular weight excluding hydrogens is 436 g/mol. The number of amides is 1. The van der Waals surface area contributed by atoms with Gasteiger partial charge in [-0.3, -0.25) is 19.1 Å². The van der Waals surface area contributed by atoms with E-state index in [9.17, 15) is 14.9 Å². The molecule has 2 aliphatic rings. The average molecular weight is 463 g/mol. The number of pyridine rings is 1. The Kier molecular flexibility index (Phi) is 7.89. The molecule has 31 heavy (non-hydrogen) atoms. The summed E-state index contributed by atoms with van der Waals surface area (Å²) in [5.41, 5.74) is 0.990. The van der Waals surface area contributed by atoms with Gasteiger partial charge in [-0.25, -0.2) is 0 Å². The average Bonchev–Trinajstić information content (AvgIpc) is 3.03. The number of carbonyl (C=O) groups excluding carboxylic acids is 1. The lowest BCUT2D eigenvalue weighted by atomic mass is 10.0. The lowest BCUT2D eigenvalue weighted by molar-refractivity contribution is -0.122. The molecule has 0 radical (unpaired) electrons. The number of carbonyl (C=O) groups is 1. The zero-order chi connectivity index (χ0) is 22.5. The molecule has 0 bridgehead atoms. The second kappa shape index (κ2) is 10.4. The fourth-order valence-corrected chi connectivity index (χ4v) is 4.95. The summed E-state index contributed by atoms with van der Waals surface area (Å²) in [6.45, 7) is 7.72. The Morgan fingerprint density at radius 2 is 2.03 bits per heavy atom. The number of hydrogen-bond acceptors (Lipinski definition) is 8. The maximum Gasteiger partial charge on any atom is 0.270 e. The first-order chi connectivity index (χ1) is 14.9. The summed E-state index contributed by atoms with van der Waals surface area (Å²) in [6, 6.07) is 2.02. The van der Waals surface area contributed by atoms with Crippen LogP contribution in [0.5, 0.6) is 0 Å². The fourth-order valence-electron chi connectivity index (χ4n) is 3.66. The molecule has 1 aromatic rings. The molecule has 0 aromatic carbocycles. The summed E-state index contributed by atoms with van der Waals surface area (Å²) in [6.07, 6.45) is 2.46. The molecule has 0 aliphatic carbocycles. The molecule has 166 valence electrons. The van der Waals surface area contributed by atoms with Gasteiger partial charge in [0.05, 0.1) is 18.1 Å². The third-order valence-electron chi connectivity index (χ3n) is 5.30. The van der Waals surface area contributed by atoms with Gasteiger partial charge in [0.1, 0.15) is 21.8 Å². The SMILES string of the molecule is CCOCCCN1C(=O)C(=Cc2c(C)c(C#N)c(=O)n(C)c2N2CCOCC2)SC1=S. The standard InChI is InChI=1S/C21H26N4O4S2/c1-4-28-9-5-6-25-20(27)17(31-21(25)30)12-15-14(2)16(13-22)19(26)23(3)18(15)24-7-10-29-11-8-24/h12H,4-11H2,1-3H3. The highest BCUT2D eigenvalue weighted by molar-refractivity contribution is 8.26. The van der Waals surface area contributed by atoms with Crippen LogP contribution in [0, 0.1) is 18.3 Å². The number of anilines is 1. The number of nitrogens with zero attached hydrogens (tertiary/aromatic N) is 4. The number of ether oxygens (including phenoxy) is 2. The Hall–Kier alpha value is -2.19. The Labute approximate surface area is 191 Å². The van der Waals surface area contributed by atoms with Gasteiger partial charge in [-0.05, 0) is 31.9 Å². The second-order valence-corrected chi connectivity index (χ2v) is 8.87. The molecular formula is C21H26N4O4S2. The van der Waals surface area contributed by atoms with Crippen LogP contribution in [0.2, 0.25) is 0 Å². The molecule has 0 spiro atoms. The molecule has 2 saturated heterocycles. The highest BCUT2D eigenvalue weighted by Crippen LogP contribution is 2.35. The van der Waals surface area contributed by atoms with E-state index in [1.165, 1.54) is 16.3 Å². The molecule has 0 atom stereocenters. The predicted octanol–water partition coefficient (Wildman–Crippen LogP) is 2.03. The normalized spacial score (nSPS) is 18.2. The van der Waals surface area contributed by atoms with Crippen LogP contribution in [-0.2, 0) is 21.3 Å². The first-order valence-electron chi connectivity index (χ1n) is 10.2. The first kappa shape index (κ1) is 23.5. The smallest absolute Gasteiger partial charge is 0.270 e. The third-order valence-corrected chi connectivity index (χ3v) is 6.68. The second-order valence-electron chi connectivity index (χ2n) is 7.20. The van der Waals surface area contributed by atoms with Crippen molar-refractivity contribution in [2.24, 2.45) is 7.05 Å². The van der Waals surface area contributed by atoms with E-state index in [1.54, 1.807) is 24.9 Å². The van der Waals surface area contributed by atoms with E-state index in [1.807, 2.05) is 13.0 Å². The zero-order valence-corrected chi connectivity index (χ0v) is 19.6. The van der Waals surface area contributed by atoms with E-state index in [0.29, 0.717) is 78.7 Å². The van der Waals surface area contributed by atoms with Crippen molar-refractivity contribution >= 4 is 46.1 Å². The van der Waals surface area contributed by atoms with E-state index in [0.717, 1.165) is 0 Å². The number of thioether (sulfide) groups is 1. The largest absolute Gasteiger partial charge is 0.382 e. The van der Waals surface area contributed by atoms with Gasteiger partial charge < -0.3 is 14.4 Å². The summed E-state index contributed by atoms with van der Waals surface area (Å²) in [4.78, 5) is 29.9. The van der Waals surface area contributed by atoms with Crippen molar-refractivity contribution in [2.45, 2.75) is 20.3 Å². The van der Waals surface area contributed by atoms with Gasteiger partial charge in [-0.1, -0.05) is 24.0 Å². The van der Waals surface area contributed by atoms with Crippen molar-refractivity contribution in [3.8, 4) is 6.07 Å². The Morgan fingerprint density at radius 1 is 1.32 bits per heavy atom. The van der Waals surface area contributed by atoms with Crippen LogP contribution < -0.4 is 10.5 Å². The van der Waals surface area contributed by atoms with Crippen LogP contribution >= 0.6 is 24.0 Å². The molecule has 0 unspecified atom stereocenters. The number of morpholine rings is 1. The highest BCUT2D eigenvalue weighted by Gasteiger charge is 2.33. The van der Waals surface area contributed by atoms with Gasteiger partial charge in [0.2, 0.25) is 0 Å². The monoisotopic (exact) mass is 462 g/mol. The number of aromatic nitrogens is 1. The topological polar surface area (TPSA) is 87.8 Å². The minimum atomic E-state index is -0.345. The van der Waals surface area contributed by atoms with Crippen LogP contribution in [-0.4, -0.2) is 65.8 Å². The van der Waals surface area contributed by atoms with Crippen molar-refractivity contribution < 1.29 is 14.3 Å². The molecule has 2 aliphatic heterocycles. The van der Waals surface area contributed by atoms with Gasteiger partial charge in [0.15, 0.2) is 0 Å². The van der Waals surface area contributed by atoms with E-state index in [-0.39, 0.29) is 17.0 Å². The van der Waals surface area contributed by atoms with E-state index in [4.69, 9.17) is 21.7 Å². The van der Waals surface area contributed by atoms with Gasteiger partial charge >= 0.3 is 0 Å². The summed E-state index contributed by atoms with van der Waals surface area (Å²) in [5.74, 6) is 0.526. The Bertz CT molecular complexity index is 1010. The first-order valence-corrected chi connectivity index (χ1v) is 11.4. The predicted molar refractivity (Wildman–Crippen MR) is 125 cm³/mol. The maximum absolute atomic E-state index is 13.0. The van der Waals surface area contributed by atoms with Crippen LogP contribution in [0.1, 0.15) is 30.0 Å². The number of hydrogen-bond donors (Lipinski definition) is 0. The third kappa shape index (κ3) is 4.85. The summed E-state index contributed by atoms with van der Waals surface area (Å²) >= 11 is 6.67. The molecule has 3 heterocycles. The van der Waals surface area contributed by atoms with Gasteiger partial charge in [-0.2, -0.15) is 5.26 Å². The lowest BCUT2D eigenvalue weighted by Gasteiger charge is -2.32. The van der Waals surface area contributed by atoms with E-state index < -0.39 is 0 Å². The molecule has 10 heteroatoms. The molecule has 0 N–H and O–H groups in total. The highest BCUT2D eigenvalue weighted by atomic mass is 32.2. The van der Waals surface area contributed by atoms with Gasteiger partial charge in [-0.15, -0.1) is 0 Å². The van der Waals surface area contributed by atoms with Crippen molar-refractivity contribution in [1.82, 2.24) is 9.47 Å². The fraction of sp³-hybridized carbons (Fsp3) is 0.524. The summed E-state index contributed by atoms with van der Waals surface area (Å²) in [7, 11) is 1.66. The van der Waals surface area contributed by atoms with Crippen molar-refractivity contribution in [1.29, 1.82) is 5.26 Å². The Morgan fingerprint density at radius 3 is 2.68 bits per heavy atom. The minimum Gasteiger partial charge on any atom is -0.382 e.